The Balaban J connectivity index is 2.33. The largest absolute Gasteiger partial charge is 0.416 e. The fourth-order valence-corrected chi connectivity index (χ4v) is 1.96. The van der Waals surface area contributed by atoms with Crippen LogP contribution in [0.2, 0.25) is 0 Å². The van der Waals surface area contributed by atoms with Crippen LogP contribution in [0.4, 0.5) is 24.8 Å². The Morgan fingerprint density at radius 1 is 1.25 bits per heavy atom. The van der Waals surface area contributed by atoms with Crippen molar-refractivity contribution in [3.63, 3.8) is 0 Å². The zero-order valence-electron chi connectivity index (χ0n) is 11.5. The number of nitrogens with zero attached hydrogens (tertiary/aromatic N) is 2. The van der Waals surface area contributed by atoms with Crippen LogP contribution in [0.25, 0.3) is 0 Å². The zero-order chi connectivity index (χ0) is 14.9. The van der Waals surface area contributed by atoms with Gasteiger partial charge in [0.15, 0.2) is 0 Å². The first-order valence-electron chi connectivity index (χ1n) is 6.26. The van der Waals surface area contributed by atoms with Crippen molar-refractivity contribution in [1.29, 1.82) is 0 Å². The maximum atomic E-state index is 12.9. The van der Waals surface area contributed by atoms with E-state index in [4.69, 9.17) is 0 Å². The van der Waals surface area contributed by atoms with Crippen molar-refractivity contribution in [3.8, 4) is 0 Å². The first-order chi connectivity index (χ1) is 9.29. The number of rotatable bonds is 3. The topological polar surface area (TPSA) is 29.9 Å². The smallest absolute Gasteiger partial charge is 0.326 e. The summed E-state index contributed by atoms with van der Waals surface area (Å²) in [5.41, 5.74) is -0.0589. The lowest BCUT2D eigenvalue weighted by Crippen LogP contribution is -2.09. The number of imidazole rings is 1. The summed E-state index contributed by atoms with van der Waals surface area (Å²) in [6.07, 6.45) is -0.956. The molecule has 1 aromatic carbocycles. The van der Waals surface area contributed by atoms with Gasteiger partial charge in [0.1, 0.15) is 0 Å². The number of alkyl halides is 3. The first kappa shape index (κ1) is 14.4. The molecule has 0 unspecified atom stereocenters. The Labute approximate surface area is 115 Å². The van der Waals surface area contributed by atoms with Crippen LogP contribution >= 0.6 is 0 Å². The minimum Gasteiger partial charge on any atom is -0.326 e. The van der Waals surface area contributed by atoms with Crippen molar-refractivity contribution in [1.82, 2.24) is 9.55 Å². The van der Waals surface area contributed by atoms with Crippen molar-refractivity contribution in [2.45, 2.75) is 33.0 Å². The highest BCUT2D eigenvalue weighted by Crippen LogP contribution is 2.34. The molecule has 2 rings (SSSR count). The first-order valence-corrected chi connectivity index (χ1v) is 6.26. The van der Waals surface area contributed by atoms with Crippen LogP contribution < -0.4 is 5.32 Å². The summed E-state index contributed by atoms with van der Waals surface area (Å²) in [6, 6.07) is 4.35. The van der Waals surface area contributed by atoms with E-state index in [0.717, 1.165) is 6.07 Å². The van der Waals surface area contributed by atoms with E-state index in [0.29, 0.717) is 11.6 Å². The normalized spacial score (nSPS) is 11.9. The van der Waals surface area contributed by atoms with Gasteiger partial charge in [0.2, 0.25) is 5.95 Å². The molecule has 0 spiro atoms. The van der Waals surface area contributed by atoms with Gasteiger partial charge in [0, 0.05) is 24.1 Å². The Bertz CT molecular complexity index is 600. The SMILES string of the molecule is Cc1ccc(Nc2nccn2C(C)C)cc1C(F)(F)F. The molecule has 1 heterocycles. The molecule has 1 aromatic heterocycles. The van der Waals surface area contributed by atoms with Gasteiger partial charge in [0.05, 0.1) is 5.56 Å². The molecule has 0 aliphatic carbocycles. The number of aromatic nitrogens is 2. The van der Waals surface area contributed by atoms with Crippen molar-refractivity contribution in [3.05, 3.63) is 41.7 Å². The molecule has 0 saturated carbocycles. The van der Waals surface area contributed by atoms with E-state index in [2.05, 4.69) is 10.3 Å². The maximum absolute atomic E-state index is 12.9. The predicted molar refractivity (Wildman–Crippen MR) is 72.1 cm³/mol. The van der Waals surface area contributed by atoms with Crippen molar-refractivity contribution in [2.24, 2.45) is 0 Å². The molecule has 0 fully saturated rings. The fraction of sp³-hybridized carbons (Fsp3) is 0.357. The third kappa shape index (κ3) is 2.95. The van der Waals surface area contributed by atoms with E-state index in [1.807, 2.05) is 18.4 Å². The van der Waals surface area contributed by atoms with Crippen LogP contribution in [-0.4, -0.2) is 9.55 Å². The molecule has 2 aromatic rings. The number of benzene rings is 1. The molecule has 0 atom stereocenters. The van der Waals surface area contributed by atoms with Gasteiger partial charge in [-0.1, -0.05) is 6.07 Å². The van der Waals surface area contributed by atoms with Gasteiger partial charge in [-0.3, -0.25) is 0 Å². The lowest BCUT2D eigenvalue weighted by Gasteiger charge is -2.15. The van der Waals surface area contributed by atoms with Gasteiger partial charge in [-0.05, 0) is 38.5 Å². The lowest BCUT2D eigenvalue weighted by molar-refractivity contribution is -0.138. The molecule has 0 radical (unpaired) electrons. The highest BCUT2D eigenvalue weighted by molar-refractivity contribution is 5.56. The Kier molecular flexibility index (Phi) is 3.74. The van der Waals surface area contributed by atoms with Gasteiger partial charge in [-0.25, -0.2) is 4.98 Å². The summed E-state index contributed by atoms with van der Waals surface area (Å²) < 4.78 is 40.5. The van der Waals surface area contributed by atoms with Gasteiger partial charge in [-0.2, -0.15) is 13.2 Å². The molecular formula is C14H16F3N3. The van der Waals surface area contributed by atoms with Gasteiger partial charge in [0.25, 0.3) is 0 Å². The molecule has 20 heavy (non-hydrogen) atoms. The van der Waals surface area contributed by atoms with Gasteiger partial charge >= 0.3 is 6.18 Å². The Morgan fingerprint density at radius 2 is 1.95 bits per heavy atom. The number of hydrogen-bond acceptors (Lipinski definition) is 2. The molecule has 1 N–H and O–H groups in total. The van der Waals surface area contributed by atoms with Crippen molar-refractivity contribution < 1.29 is 13.2 Å². The third-order valence-corrected chi connectivity index (χ3v) is 3.02. The van der Waals surface area contributed by atoms with E-state index >= 15 is 0 Å². The minimum atomic E-state index is -4.35. The molecule has 6 heteroatoms. The quantitative estimate of drug-likeness (QED) is 0.896. The summed E-state index contributed by atoms with van der Waals surface area (Å²) in [4.78, 5) is 4.12. The van der Waals surface area contributed by atoms with E-state index < -0.39 is 11.7 Å². The second kappa shape index (κ2) is 5.19. The summed E-state index contributed by atoms with van der Waals surface area (Å²) in [5.74, 6) is 0.525. The van der Waals surface area contributed by atoms with Crippen LogP contribution in [0.5, 0.6) is 0 Å². The maximum Gasteiger partial charge on any atom is 0.416 e. The fourth-order valence-electron chi connectivity index (χ4n) is 1.96. The summed E-state index contributed by atoms with van der Waals surface area (Å²) in [5, 5.41) is 2.93. The summed E-state index contributed by atoms with van der Waals surface area (Å²) in [7, 11) is 0. The molecule has 0 bridgehead atoms. The van der Waals surface area contributed by atoms with E-state index in [-0.39, 0.29) is 11.6 Å². The van der Waals surface area contributed by atoms with Crippen LogP contribution in [0.1, 0.15) is 31.0 Å². The molecular weight excluding hydrogens is 267 g/mol. The van der Waals surface area contributed by atoms with Crippen molar-refractivity contribution >= 4 is 11.6 Å². The third-order valence-electron chi connectivity index (χ3n) is 3.02. The number of nitrogens with one attached hydrogen (secondary N) is 1. The number of anilines is 2. The van der Waals surface area contributed by atoms with Crippen LogP contribution in [-0.2, 0) is 6.18 Å². The Morgan fingerprint density at radius 3 is 2.55 bits per heavy atom. The average Bonchev–Trinajstić information content (AvgIpc) is 2.78. The lowest BCUT2D eigenvalue weighted by atomic mass is 10.1. The van der Waals surface area contributed by atoms with Gasteiger partial charge < -0.3 is 9.88 Å². The number of halogens is 3. The second-order valence-electron chi connectivity index (χ2n) is 4.90. The Hall–Kier alpha value is -1.98. The molecule has 0 aliphatic heterocycles. The molecule has 0 amide bonds. The minimum absolute atomic E-state index is 0.174. The van der Waals surface area contributed by atoms with Crippen LogP contribution in [0, 0.1) is 6.92 Å². The van der Waals surface area contributed by atoms with Crippen LogP contribution in [0.15, 0.2) is 30.6 Å². The molecule has 0 aliphatic rings. The van der Waals surface area contributed by atoms with Crippen LogP contribution in [0.3, 0.4) is 0 Å². The highest BCUT2D eigenvalue weighted by atomic mass is 19.4. The average molecular weight is 283 g/mol. The van der Waals surface area contributed by atoms with E-state index in [1.165, 1.54) is 13.0 Å². The molecule has 108 valence electrons. The van der Waals surface area contributed by atoms with E-state index in [1.54, 1.807) is 18.5 Å². The van der Waals surface area contributed by atoms with Gasteiger partial charge in [-0.15, -0.1) is 0 Å². The standard InChI is InChI=1S/C14H16F3N3/c1-9(2)20-7-6-18-13(20)19-11-5-4-10(3)12(8-11)14(15,16)17/h4-9H,1-3H3,(H,18,19). The summed E-state index contributed by atoms with van der Waals surface area (Å²) >= 11 is 0. The number of aryl methyl sites for hydroxylation is 1. The highest BCUT2D eigenvalue weighted by Gasteiger charge is 2.32. The second-order valence-corrected chi connectivity index (χ2v) is 4.90. The summed E-state index contributed by atoms with van der Waals surface area (Å²) in [6.45, 7) is 5.40. The predicted octanol–water partition coefficient (Wildman–Crippen LogP) is 4.53. The zero-order valence-corrected chi connectivity index (χ0v) is 11.5. The monoisotopic (exact) mass is 283 g/mol. The molecule has 0 saturated heterocycles. The number of hydrogen-bond donors (Lipinski definition) is 1. The molecule has 3 nitrogen and oxygen atoms in total. The van der Waals surface area contributed by atoms with E-state index in [9.17, 15) is 13.2 Å². The van der Waals surface area contributed by atoms with Crippen molar-refractivity contribution in [2.75, 3.05) is 5.32 Å².